The van der Waals surface area contributed by atoms with Gasteiger partial charge in [-0.15, -0.1) is 0 Å². The Bertz CT molecular complexity index is 309. The molecule has 0 saturated heterocycles. The van der Waals surface area contributed by atoms with Gasteiger partial charge >= 0.3 is 17.1 Å². The van der Waals surface area contributed by atoms with Crippen LogP contribution in [0, 0.1) is 0 Å². The second-order valence-corrected chi connectivity index (χ2v) is 2.48. The molecule has 0 atom stereocenters. The van der Waals surface area contributed by atoms with E-state index < -0.39 is 17.9 Å². The summed E-state index contributed by atoms with van der Waals surface area (Å²) in [5.74, 6) is -5.02. The fourth-order valence-electron chi connectivity index (χ4n) is 1.01. The molecule has 0 N–H and O–H groups in total. The summed E-state index contributed by atoms with van der Waals surface area (Å²) in [4.78, 5) is 20.8. The number of carbonyl (C=O) groups is 2. The number of hydrogen-bond acceptors (Lipinski definition) is 4. The van der Waals surface area contributed by atoms with Gasteiger partial charge in [0.25, 0.3) is 0 Å². The van der Waals surface area contributed by atoms with Gasteiger partial charge in [0, 0.05) is 0 Å². The van der Waals surface area contributed by atoms with Crippen molar-refractivity contribution in [1.29, 1.82) is 0 Å². The number of carbonyl (C=O) groups excluding carboxylic acids is 2. The first-order valence-corrected chi connectivity index (χ1v) is 3.59. The standard InChI is InChI=1S/C9H8O4.Mn/c10-8(11)7(9(12)13)6-4-2-1-3-5-6;/h1-5,7H,(H,10,11)(H,12,13);/q;+2/p-2. The molecule has 1 aromatic rings. The molecular weight excluding hydrogens is 227 g/mol. The van der Waals surface area contributed by atoms with Gasteiger partial charge in [0.1, 0.15) is 0 Å². The van der Waals surface area contributed by atoms with Gasteiger partial charge in [0.15, 0.2) is 0 Å². The van der Waals surface area contributed by atoms with Crippen molar-refractivity contribution in [3.05, 3.63) is 35.9 Å². The minimum atomic E-state index is -1.69. The molecule has 1 radical (unpaired) electrons. The van der Waals surface area contributed by atoms with E-state index in [9.17, 15) is 19.8 Å². The Kier molecular flexibility index (Phi) is 4.91. The van der Waals surface area contributed by atoms with E-state index in [1.165, 1.54) is 12.1 Å². The molecule has 0 heterocycles. The van der Waals surface area contributed by atoms with Crippen molar-refractivity contribution in [2.45, 2.75) is 5.92 Å². The molecule has 0 amide bonds. The normalized spacial score (nSPS) is 9.21. The summed E-state index contributed by atoms with van der Waals surface area (Å²) >= 11 is 0. The third-order valence-electron chi connectivity index (χ3n) is 1.60. The summed E-state index contributed by atoms with van der Waals surface area (Å²) in [6.07, 6.45) is 0. The summed E-state index contributed by atoms with van der Waals surface area (Å²) in [7, 11) is 0. The van der Waals surface area contributed by atoms with E-state index in [0.29, 0.717) is 0 Å². The molecule has 0 aliphatic heterocycles. The fourth-order valence-corrected chi connectivity index (χ4v) is 1.01. The van der Waals surface area contributed by atoms with Crippen molar-refractivity contribution in [3.8, 4) is 0 Å². The monoisotopic (exact) mass is 233 g/mol. The summed E-state index contributed by atoms with van der Waals surface area (Å²) < 4.78 is 0. The van der Waals surface area contributed by atoms with E-state index in [0.717, 1.165) is 0 Å². The first kappa shape index (κ1) is 12.7. The minimum Gasteiger partial charge on any atom is -0.549 e. The van der Waals surface area contributed by atoms with Crippen LogP contribution in [-0.4, -0.2) is 11.9 Å². The number of carboxylic acids is 2. The molecule has 0 spiro atoms. The molecule has 1 rings (SSSR count). The third kappa shape index (κ3) is 2.87. The molecule has 14 heavy (non-hydrogen) atoms. The van der Waals surface area contributed by atoms with E-state index >= 15 is 0 Å². The van der Waals surface area contributed by atoms with Crippen molar-refractivity contribution in [2.24, 2.45) is 0 Å². The quantitative estimate of drug-likeness (QED) is 0.458. The Morgan fingerprint density at radius 3 is 1.79 bits per heavy atom. The topological polar surface area (TPSA) is 80.3 Å². The predicted molar refractivity (Wildman–Crippen MR) is 39.2 cm³/mol. The van der Waals surface area contributed by atoms with Crippen LogP contribution >= 0.6 is 0 Å². The smallest absolute Gasteiger partial charge is 0.549 e. The van der Waals surface area contributed by atoms with Gasteiger partial charge in [0.2, 0.25) is 0 Å². The first-order valence-electron chi connectivity index (χ1n) is 3.59. The van der Waals surface area contributed by atoms with E-state index in [4.69, 9.17) is 0 Å². The van der Waals surface area contributed by atoms with Crippen LogP contribution in [0.25, 0.3) is 0 Å². The minimum absolute atomic E-state index is 0. The van der Waals surface area contributed by atoms with Crippen molar-refractivity contribution in [1.82, 2.24) is 0 Å². The van der Waals surface area contributed by atoms with Crippen molar-refractivity contribution < 1.29 is 36.9 Å². The molecule has 0 aliphatic carbocycles. The Hall–Kier alpha value is -1.32. The van der Waals surface area contributed by atoms with Gasteiger partial charge in [-0.05, 0) is 5.56 Å². The Morgan fingerprint density at radius 1 is 1.00 bits per heavy atom. The van der Waals surface area contributed by atoms with E-state index in [-0.39, 0.29) is 22.6 Å². The Morgan fingerprint density at radius 2 is 1.43 bits per heavy atom. The van der Waals surface area contributed by atoms with Gasteiger partial charge in [-0.2, -0.15) is 0 Å². The Balaban J connectivity index is 0.00000169. The molecule has 0 aliphatic rings. The predicted octanol–water partition coefficient (Wildman–Crippen LogP) is -1.73. The fraction of sp³-hybridized carbons (Fsp3) is 0.111. The molecule has 0 fully saturated rings. The zero-order chi connectivity index (χ0) is 9.84. The van der Waals surface area contributed by atoms with Crippen molar-refractivity contribution in [2.75, 3.05) is 0 Å². The zero-order valence-electron chi connectivity index (χ0n) is 6.98. The zero-order valence-corrected chi connectivity index (χ0v) is 8.16. The van der Waals surface area contributed by atoms with E-state index in [1.807, 2.05) is 0 Å². The van der Waals surface area contributed by atoms with Crippen LogP contribution in [0.15, 0.2) is 30.3 Å². The molecule has 4 nitrogen and oxygen atoms in total. The van der Waals surface area contributed by atoms with Crippen LogP contribution in [0.3, 0.4) is 0 Å². The summed E-state index contributed by atoms with van der Waals surface area (Å²) in [5, 5.41) is 20.8. The van der Waals surface area contributed by atoms with Gasteiger partial charge in [-0.3, -0.25) is 0 Å². The summed E-state index contributed by atoms with van der Waals surface area (Å²) in [5.41, 5.74) is 0.155. The SMILES string of the molecule is O=C([O-])C(C(=O)[O-])c1ccccc1.[Mn+2]. The van der Waals surface area contributed by atoms with Crippen LogP contribution in [0.2, 0.25) is 0 Å². The second-order valence-electron chi connectivity index (χ2n) is 2.48. The maximum atomic E-state index is 10.4. The van der Waals surface area contributed by atoms with Gasteiger partial charge in [0.05, 0.1) is 17.9 Å². The average molecular weight is 233 g/mol. The summed E-state index contributed by atoms with van der Waals surface area (Å²) in [6.45, 7) is 0. The van der Waals surface area contributed by atoms with Crippen LogP contribution in [-0.2, 0) is 26.7 Å². The molecule has 0 saturated carbocycles. The second kappa shape index (κ2) is 5.42. The number of carboxylic acid groups (broad SMARTS) is 2. The third-order valence-corrected chi connectivity index (χ3v) is 1.60. The number of rotatable bonds is 3. The molecule has 0 aromatic heterocycles. The van der Waals surface area contributed by atoms with Crippen LogP contribution < -0.4 is 10.2 Å². The maximum Gasteiger partial charge on any atom is 2.00 e. The van der Waals surface area contributed by atoms with E-state index in [2.05, 4.69) is 0 Å². The molecular formula is C9H6MnO4. The first-order chi connectivity index (χ1) is 6.13. The number of aliphatic carboxylic acids is 2. The molecule has 73 valence electrons. The molecule has 1 aromatic carbocycles. The van der Waals surface area contributed by atoms with Crippen molar-refractivity contribution >= 4 is 11.9 Å². The van der Waals surface area contributed by atoms with Crippen LogP contribution in [0.4, 0.5) is 0 Å². The van der Waals surface area contributed by atoms with Gasteiger partial charge in [-0.1, -0.05) is 30.3 Å². The largest absolute Gasteiger partial charge is 2.00 e. The van der Waals surface area contributed by atoms with Gasteiger partial charge < -0.3 is 19.8 Å². The average Bonchev–Trinajstić information content (AvgIpc) is 2.04. The van der Waals surface area contributed by atoms with Crippen LogP contribution in [0.1, 0.15) is 11.5 Å². The van der Waals surface area contributed by atoms with E-state index in [1.54, 1.807) is 18.2 Å². The molecule has 0 bridgehead atoms. The van der Waals surface area contributed by atoms with Crippen LogP contribution in [0.5, 0.6) is 0 Å². The van der Waals surface area contributed by atoms with Crippen molar-refractivity contribution in [3.63, 3.8) is 0 Å². The van der Waals surface area contributed by atoms with Gasteiger partial charge in [-0.25, -0.2) is 0 Å². The summed E-state index contributed by atoms with van der Waals surface area (Å²) in [6, 6.07) is 7.56. The molecule has 0 unspecified atom stereocenters. The maximum absolute atomic E-state index is 10.4. The number of hydrogen-bond donors (Lipinski definition) is 0. The Labute approximate surface area is 91.0 Å². The number of benzene rings is 1. The molecule has 5 heteroatoms.